The Balaban J connectivity index is 1.91. The van der Waals surface area contributed by atoms with Crippen LogP contribution in [-0.4, -0.2) is 52.0 Å². The molecule has 2 atom stereocenters. The highest BCUT2D eigenvalue weighted by Crippen LogP contribution is 2.38. The van der Waals surface area contributed by atoms with Crippen LogP contribution in [0.25, 0.3) is 0 Å². The van der Waals surface area contributed by atoms with E-state index >= 15 is 0 Å². The quantitative estimate of drug-likeness (QED) is 0.553. The summed E-state index contributed by atoms with van der Waals surface area (Å²) in [5, 5.41) is 3.11. The Kier molecular flexibility index (Phi) is 8.04. The zero-order chi connectivity index (χ0) is 24.2. The van der Waals surface area contributed by atoms with Crippen LogP contribution in [0.2, 0.25) is 5.02 Å². The first kappa shape index (κ1) is 25.5. The van der Waals surface area contributed by atoms with Gasteiger partial charge in [0.05, 0.1) is 16.4 Å². The van der Waals surface area contributed by atoms with Gasteiger partial charge in [-0.1, -0.05) is 29.8 Å². The molecule has 1 amide bonds. The van der Waals surface area contributed by atoms with E-state index in [9.17, 15) is 26.4 Å². The molecule has 1 aliphatic rings. The maximum absolute atomic E-state index is 13.3. The lowest BCUT2D eigenvalue weighted by atomic mass is 9.87. The first-order valence-electron chi connectivity index (χ1n) is 10.2. The van der Waals surface area contributed by atoms with Gasteiger partial charge in [0.2, 0.25) is 15.9 Å². The number of benzene rings is 2. The van der Waals surface area contributed by atoms with E-state index in [1.807, 2.05) is 0 Å². The third-order valence-electron chi connectivity index (χ3n) is 5.54. The van der Waals surface area contributed by atoms with Crippen LogP contribution < -0.4 is 5.32 Å². The fraction of sp³-hybridized carbons (Fsp3) is 0.409. The van der Waals surface area contributed by atoms with E-state index in [0.29, 0.717) is 24.6 Å². The minimum atomic E-state index is -4.55. The number of halogens is 4. The molecule has 1 fully saturated rings. The van der Waals surface area contributed by atoms with Crippen molar-refractivity contribution in [2.45, 2.75) is 23.4 Å². The molecule has 1 saturated heterocycles. The van der Waals surface area contributed by atoms with E-state index in [4.69, 9.17) is 16.3 Å². The minimum absolute atomic E-state index is 0.00385. The molecule has 3 rings (SSSR count). The Morgan fingerprint density at radius 3 is 2.52 bits per heavy atom. The summed E-state index contributed by atoms with van der Waals surface area (Å²) < 4.78 is 72.2. The highest BCUT2D eigenvalue weighted by molar-refractivity contribution is 7.89. The average molecular weight is 505 g/mol. The first-order valence-corrected chi connectivity index (χ1v) is 12.1. The third kappa shape index (κ3) is 6.06. The summed E-state index contributed by atoms with van der Waals surface area (Å²) in [6, 6.07) is 10.3. The van der Waals surface area contributed by atoms with Crippen molar-refractivity contribution in [2.75, 3.05) is 33.4 Å². The standard InChI is InChI=1S/C22H24ClF3N2O4S/c1-32-11-3-10-27-21(29)20-14-28(33(30,31)18-8-6-17(23)7-9-18)13-19(20)15-4-2-5-16(12-15)22(24,25)26/h2,4-9,12,19-20H,3,10-11,13-14H2,1H3,(H,27,29)/t19-,20-/m1/s1. The second kappa shape index (κ2) is 10.4. The molecule has 0 aromatic heterocycles. The van der Waals surface area contributed by atoms with Crippen LogP contribution in [0.5, 0.6) is 0 Å². The number of nitrogens with zero attached hydrogens (tertiary/aromatic N) is 1. The van der Waals surface area contributed by atoms with Crippen molar-refractivity contribution in [1.29, 1.82) is 0 Å². The Morgan fingerprint density at radius 1 is 1.18 bits per heavy atom. The number of hydrogen-bond acceptors (Lipinski definition) is 4. The second-order valence-electron chi connectivity index (χ2n) is 7.75. The van der Waals surface area contributed by atoms with Gasteiger partial charge in [0.25, 0.3) is 0 Å². The van der Waals surface area contributed by atoms with Crippen LogP contribution in [-0.2, 0) is 25.7 Å². The topological polar surface area (TPSA) is 75.7 Å². The molecule has 0 aliphatic carbocycles. The lowest BCUT2D eigenvalue weighted by Gasteiger charge is -2.19. The molecule has 11 heteroatoms. The van der Waals surface area contributed by atoms with Crippen LogP contribution in [0, 0.1) is 5.92 Å². The van der Waals surface area contributed by atoms with Gasteiger partial charge < -0.3 is 10.1 Å². The van der Waals surface area contributed by atoms with Crippen molar-refractivity contribution in [1.82, 2.24) is 9.62 Å². The van der Waals surface area contributed by atoms with E-state index in [-0.39, 0.29) is 23.5 Å². The Bertz CT molecular complexity index is 1080. The SMILES string of the molecule is COCCCNC(=O)[C@@H]1CN(S(=O)(=O)c2ccc(Cl)cc2)C[C@@H]1c1cccc(C(F)(F)F)c1. The third-order valence-corrected chi connectivity index (χ3v) is 7.64. The maximum Gasteiger partial charge on any atom is 0.416 e. The van der Waals surface area contributed by atoms with Crippen molar-refractivity contribution < 1.29 is 31.1 Å². The monoisotopic (exact) mass is 504 g/mol. The molecule has 6 nitrogen and oxygen atoms in total. The van der Waals surface area contributed by atoms with Crippen molar-refractivity contribution in [2.24, 2.45) is 5.92 Å². The molecule has 0 unspecified atom stereocenters. The fourth-order valence-corrected chi connectivity index (χ4v) is 5.45. The van der Waals surface area contributed by atoms with Gasteiger partial charge in [-0.3, -0.25) is 4.79 Å². The summed E-state index contributed by atoms with van der Waals surface area (Å²) in [5.74, 6) is -2.00. The highest BCUT2D eigenvalue weighted by atomic mass is 35.5. The number of carbonyl (C=O) groups excluding carboxylic acids is 1. The molecule has 0 radical (unpaired) electrons. The van der Waals surface area contributed by atoms with E-state index in [1.54, 1.807) is 0 Å². The fourth-order valence-electron chi connectivity index (χ4n) is 3.83. The van der Waals surface area contributed by atoms with Crippen molar-refractivity contribution in [3.05, 3.63) is 64.7 Å². The first-order chi connectivity index (χ1) is 15.5. The van der Waals surface area contributed by atoms with Gasteiger partial charge in [-0.2, -0.15) is 17.5 Å². The number of nitrogens with one attached hydrogen (secondary N) is 1. The zero-order valence-corrected chi connectivity index (χ0v) is 19.4. The number of hydrogen-bond donors (Lipinski definition) is 1. The molecule has 2 aromatic carbocycles. The van der Waals surface area contributed by atoms with E-state index in [1.165, 1.54) is 43.5 Å². The van der Waals surface area contributed by atoms with Crippen LogP contribution in [0.3, 0.4) is 0 Å². The van der Waals surface area contributed by atoms with Crippen molar-refractivity contribution in [3.8, 4) is 0 Å². The van der Waals surface area contributed by atoms with Gasteiger partial charge in [0.1, 0.15) is 0 Å². The summed E-state index contributed by atoms with van der Waals surface area (Å²) in [4.78, 5) is 12.9. The van der Waals surface area contributed by atoms with E-state index < -0.39 is 39.5 Å². The van der Waals surface area contributed by atoms with Crippen molar-refractivity contribution in [3.63, 3.8) is 0 Å². The molecule has 1 heterocycles. The zero-order valence-electron chi connectivity index (χ0n) is 17.8. The molecule has 180 valence electrons. The van der Waals surface area contributed by atoms with E-state index in [2.05, 4.69) is 5.32 Å². The summed E-state index contributed by atoms with van der Waals surface area (Å²) in [5.41, 5.74) is -0.589. The summed E-state index contributed by atoms with van der Waals surface area (Å²) in [7, 11) is -2.45. The van der Waals surface area contributed by atoms with E-state index in [0.717, 1.165) is 16.4 Å². The maximum atomic E-state index is 13.3. The van der Waals surface area contributed by atoms with Gasteiger partial charge >= 0.3 is 6.18 Å². The number of alkyl halides is 3. The molecular formula is C22H24ClF3N2O4S. The molecule has 0 saturated carbocycles. The molecular weight excluding hydrogens is 481 g/mol. The number of methoxy groups -OCH3 is 1. The van der Waals surface area contributed by atoms with Crippen molar-refractivity contribution >= 4 is 27.5 Å². The number of sulfonamides is 1. The Hall–Kier alpha value is -2.14. The average Bonchev–Trinajstić information content (AvgIpc) is 3.23. The summed E-state index contributed by atoms with van der Waals surface area (Å²) >= 11 is 5.85. The van der Waals surface area contributed by atoms with Gasteiger partial charge in [-0.15, -0.1) is 0 Å². The number of carbonyl (C=O) groups is 1. The normalized spacial score (nSPS) is 19.5. The van der Waals surface area contributed by atoms with Gasteiger partial charge in [-0.25, -0.2) is 8.42 Å². The summed E-state index contributed by atoms with van der Waals surface area (Å²) in [6.07, 6.45) is -4.00. The van der Waals surface area contributed by atoms with Crippen LogP contribution in [0.1, 0.15) is 23.5 Å². The lowest BCUT2D eigenvalue weighted by Crippen LogP contribution is -2.36. The molecule has 1 N–H and O–H groups in total. The summed E-state index contributed by atoms with van der Waals surface area (Å²) in [6.45, 7) is 0.464. The molecule has 0 bridgehead atoms. The molecule has 2 aromatic rings. The smallest absolute Gasteiger partial charge is 0.385 e. The Morgan fingerprint density at radius 2 is 1.88 bits per heavy atom. The largest absolute Gasteiger partial charge is 0.416 e. The van der Waals surface area contributed by atoms with Crippen LogP contribution >= 0.6 is 11.6 Å². The Labute approximate surface area is 195 Å². The number of ether oxygens (including phenoxy) is 1. The lowest BCUT2D eigenvalue weighted by molar-refractivity contribution is -0.137. The number of amides is 1. The predicted octanol–water partition coefficient (Wildman–Crippen LogP) is 3.92. The van der Waals surface area contributed by atoms with Gasteiger partial charge in [0.15, 0.2) is 0 Å². The van der Waals surface area contributed by atoms with Gasteiger partial charge in [0, 0.05) is 44.3 Å². The number of rotatable bonds is 8. The molecule has 1 aliphatic heterocycles. The molecule has 33 heavy (non-hydrogen) atoms. The van der Waals surface area contributed by atoms with Crippen LogP contribution in [0.15, 0.2) is 53.4 Å². The molecule has 0 spiro atoms. The minimum Gasteiger partial charge on any atom is -0.385 e. The second-order valence-corrected chi connectivity index (χ2v) is 10.1. The van der Waals surface area contributed by atoms with Gasteiger partial charge in [-0.05, 0) is 42.3 Å². The predicted molar refractivity (Wildman–Crippen MR) is 117 cm³/mol. The highest BCUT2D eigenvalue weighted by Gasteiger charge is 2.44. The van der Waals surface area contributed by atoms with Crippen LogP contribution in [0.4, 0.5) is 13.2 Å².